The molecule has 1 atom stereocenters. The molecule has 0 heterocycles. The predicted octanol–water partition coefficient (Wildman–Crippen LogP) is 5.23. The van der Waals surface area contributed by atoms with Gasteiger partial charge in [-0.1, -0.05) is 18.2 Å². The van der Waals surface area contributed by atoms with Crippen molar-refractivity contribution in [2.75, 3.05) is 11.8 Å². The summed E-state index contributed by atoms with van der Waals surface area (Å²) in [7, 11) is -2.97. The van der Waals surface area contributed by atoms with Gasteiger partial charge in [-0.05, 0) is 68.1 Å². The number of rotatable bonds is 4. The molecular weight excluding hydrogens is 281 g/mol. The van der Waals surface area contributed by atoms with Crippen molar-refractivity contribution in [1.82, 2.24) is 0 Å². The van der Waals surface area contributed by atoms with Crippen LogP contribution in [0.3, 0.4) is 0 Å². The largest absolute Gasteiger partial charge is 0.429 e. The molecule has 112 valence electrons. The third-order valence-corrected chi connectivity index (χ3v) is 4.40. The number of benzene rings is 2. The van der Waals surface area contributed by atoms with Crippen molar-refractivity contribution < 1.29 is 9.09 Å². The van der Waals surface area contributed by atoms with E-state index in [1.165, 1.54) is 0 Å². The van der Waals surface area contributed by atoms with Crippen molar-refractivity contribution >= 4 is 13.2 Å². The summed E-state index contributed by atoms with van der Waals surface area (Å²) in [5.74, 6) is 0.635. The van der Waals surface area contributed by atoms with Crippen LogP contribution in [0, 0.1) is 27.7 Å². The summed E-state index contributed by atoms with van der Waals surface area (Å²) in [5.41, 5.74) is 5.21. The van der Waals surface area contributed by atoms with E-state index in [0.29, 0.717) is 5.75 Å². The zero-order valence-electron chi connectivity index (χ0n) is 13.2. The zero-order valence-corrected chi connectivity index (χ0v) is 14.1. The second kappa shape index (κ2) is 5.95. The van der Waals surface area contributed by atoms with Crippen molar-refractivity contribution in [1.29, 1.82) is 0 Å². The van der Waals surface area contributed by atoms with Crippen LogP contribution in [0.25, 0.3) is 0 Å². The number of nitrogens with one attached hydrogen (secondary N) is 1. The summed E-state index contributed by atoms with van der Waals surface area (Å²) in [5, 5.41) is 3.05. The van der Waals surface area contributed by atoms with Gasteiger partial charge in [-0.15, -0.1) is 0 Å². The van der Waals surface area contributed by atoms with E-state index in [4.69, 9.17) is 4.52 Å². The Balaban J connectivity index is 2.22. The Kier molecular flexibility index (Phi) is 4.43. The molecule has 4 heteroatoms. The molecule has 0 radical (unpaired) electrons. The van der Waals surface area contributed by atoms with Gasteiger partial charge in [-0.2, -0.15) is 0 Å². The van der Waals surface area contributed by atoms with Gasteiger partial charge in [-0.3, -0.25) is 4.57 Å². The van der Waals surface area contributed by atoms with Crippen molar-refractivity contribution in [3.05, 3.63) is 58.7 Å². The summed E-state index contributed by atoms with van der Waals surface area (Å²) in [6.45, 7) is 9.60. The molecule has 0 aliphatic heterocycles. The molecule has 0 saturated heterocycles. The van der Waals surface area contributed by atoms with Gasteiger partial charge in [0.1, 0.15) is 5.75 Å². The van der Waals surface area contributed by atoms with Crippen LogP contribution >= 0.6 is 7.52 Å². The normalized spacial score (nSPS) is 13.6. The summed E-state index contributed by atoms with van der Waals surface area (Å²) < 4.78 is 18.4. The van der Waals surface area contributed by atoms with Gasteiger partial charge in [-0.25, -0.2) is 0 Å². The Bertz CT molecular complexity index is 690. The monoisotopic (exact) mass is 303 g/mol. The van der Waals surface area contributed by atoms with E-state index < -0.39 is 7.52 Å². The van der Waals surface area contributed by atoms with Crippen LogP contribution in [0.15, 0.2) is 36.4 Å². The molecule has 2 aromatic carbocycles. The van der Waals surface area contributed by atoms with Crippen LogP contribution < -0.4 is 9.61 Å². The molecule has 0 bridgehead atoms. The smallest absolute Gasteiger partial charge is 0.338 e. The van der Waals surface area contributed by atoms with Crippen molar-refractivity contribution in [3.63, 3.8) is 0 Å². The van der Waals surface area contributed by atoms with E-state index in [1.54, 1.807) is 6.66 Å². The average Bonchev–Trinajstić information content (AvgIpc) is 2.31. The molecule has 0 fully saturated rings. The van der Waals surface area contributed by atoms with Crippen LogP contribution in [0.5, 0.6) is 5.75 Å². The van der Waals surface area contributed by atoms with Crippen LogP contribution in [-0.4, -0.2) is 6.66 Å². The molecule has 0 saturated carbocycles. The van der Waals surface area contributed by atoms with Gasteiger partial charge in [0.2, 0.25) is 0 Å². The summed E-state index contributed by atoms with van der Waals surface area (Å²) in [6, 6.07) is 11.9. The molecule has 0 unspecified atom stereocenters. The fourth-order valence-corrected chi connectivity index (χ4v) is 3.52. The lowest BCUT2D eigenvalue weighted by Gasteiger charge is -2.19. The number of hydrogen-bond acceptors (Lipinski definition) is 2. The van der Waals surface area contributed by atoms with Gasteiger partial charge in [0.15, 0.2) is 0 Å². The topological polar surface area (TPSA) is 38.3 Å². The van der Waals surface area contributed by atoms with Gasteiger partial charge in [0.25, 0.3) is 0 Å². The van der Waals surface area contributed by atoms with Gasteiger partial charge < -0.3 is 9.61 Å². The van der Waals surface area contributed by atoms with Crippen molar-refractivity contribution in [2.45, 2.75) is 27.7 Å². The molecule has 21 heavy (non-hydrogen) atoms. The third kappa shape index (κ3) is 4.37. The zero-order chi connectivity index (χ0) is 15.6. The lowest BCUT2D eigenvalue weighted by Crippen LogP contribution is -2.04. The number of hydrogen-bond donors (Lipinski definition) is 1. The maximum Gasteiger partial charge on any atom is 0.338 e. The first-order valence-electron chi connectivity index (χ1n) is 6.96. The number of anilines is 1. The Morgan fingerprint density at radius 2 is 1.52 bits per heavy atom. The van der Waals surface area contributed by atoms with E-state index in [0.717, 1.165) is 27.9 Å². The highest BCUT2D eigenvalue weighted by Gasteiger charge is 2.18. The SMILES string of the molecule is Cc1cc(C)cc(O[P@](C)(=O)Nc2cc(C)ccc2C)c1. The standard InChI is InChI=1S/C17H22NO2P/c1-12-6-7-15(4)17(11-12)18-21(5,19)20-16-9-13(2)8-14(3)10-16/h6-11H,1-5H3,(H,18,19)/t21-/m0/s1. The highest BCUT2D eigenvalue weighted by atomic mass is 31.2. The van der Waals surface area contributed by atoms with Crippen molar-refractivity contribution in [2.24, 2.45) is 0 Å². The Hall–Kier alpha value is -1.73. The fourth-order valence-electron chi connectivity index (χ4n) is 2.28. The average molecular weight is 303 g/mol. The molecule has 0 amide bonds. The van der Waals surface area contributed by atoms with Crippen LogP contribution in [0.2, 0.25) is 0 Å². The molecule has 2 rings (SSSR count). The Morgan fingerprint density at radius 3 is 2.14 bits per heavy atom. The molecule has 1 N–H and O–H groups in total. The minimum absolute atomic E-state index is 0.635. The second-order valence-corrected chi connectivity index (χ2v) is 7.79. The summed E-state index contributed by atoms with van der Waals surface area (Å²) in [4.78, 5) is 0. The Morgan fingerprint density at radius 1 is 0.905 bits per heavy atom. The molecule has 2 aromatic rings. The predicted molar refractivity (Wildman–Crippen MR) is 89.6 cm³/mol. The van der Waals surface area contributed by atoms with E-state index in [-0.39, 0.29) is 0 Å². The maximum absolute atomic E-state index is 12.7. The number of aryl methyl sites for hydroxylation is 4. The minimum Gasteiger partial charge on any atom is -0.429 e. The molecular formula is C17H22NO2P. The highest BCUT2D eigenvalue weighted by Crippen LogP contribution is 2.44. The first kappa shape index (κ1) is 15.7. The van der Waals surface area contributed by atoms with Crippen LogP contribution in [0.1, 0.15) is 22.3 Å². The minimum atomic E-state index is -2.97. The van der Waals surface area contributed by atoms with E-state index in [1.807, 2.05) is 58.0 Å². The Labute approximate surface area is 126 Å². The van der Waals surface area contributed by atoms with E-state index in [9.17, 15) is 4.57 Å². The lowest BCUT2D eigenvalue weighted by atomic mass is 10.1. The van der Waals surface area contributed by atoms with Crippen LogP contribution in [-0.2, 0) is 4.57 Å². The molecule has 0 aromatic heterocycles. The first-order chi connectivity index (χ1) is 9.75. The molecule has 0 spiro atoms. The second-order valence-electron chi connectivity index (χ2n) is 5.69. The van der Waals surface area contributed by atoms with Crippen LogP contribution in [0.4, 0.5) is 5.69 Å². The molecule has 3 nitrogen and oxygen atoms in total. The molecule has 0 aliphatic rings. The van der Waals surface area contributed by atoms with Gasteiger partial charge in [0.05, 0.1) is 0 Å². The quantitative estimate of drug-likeness (QED) is 0.785. The summed E-state index contributed by atoms with van der Waals surface area (Å²) >= 11 is 0. The maximum atomic E-state index is 12.7. The van der Waals surface area contributed by atoms with Crippen molar-refractivity contribution in [3.8, 4) is 5.75 Å². The van der Waals surface area contributed by atoms with Gasteiger partial charge >= 0.3 is 7.52 Å². The third-order valence-electron chi connectivity index (χ3n) is 3.19. The van der Waals surface area contributed by atoms with E-state index in [2.05, 4.69) is 11.2 Å². The van der Waals surface area contributed by atoms with Gasteiger partial charge in [0, 0.05) is 12.4 Å². The fraction of sp³-hybridized carbons (Fsp3) is 0.294. The lowest BCUT2D eigenvalue weighted by molar-refractivity contribution is 0.493. The highest BCUT2D eigenvalue weighted by molar-refractivity contribution is 7.60. The van der Waals surface area contributed by atoms with E-state index >= 15 is 0 Å². The summed E-state index contributed by atoms with van der Waals surface area (Å²) in [6.07, 6.45) is 0. The first-order valence-corrected chi connectivity index (χ1v) is 9.03. The molecule has 0 aliphatic carbocycles.